The summed E-state index contributed by atoms with van der Waals surface area (Å²) < 4.78 is 24.7. The number of sulfonamides is 1. The van der Waals surface area contributed by atoms with E-state index < -0.39 is 10.0 Å². The van der Waals surface area contributed by atoms with E-state index in [0.717, 1.165) is 33.2 Å². The van der Waals surface area contributed by atoms with Crippen LogP contribution in [0.15, 0.2) is 40.5 Å². The molecule has 0 spiro atoms. The molecule has 0 atom stereocenters. The molecule has 104 valence electrons. The zero-order valence-electron chi connectivity index (χ0n) is 10.6. The van der Waals surface area contributed by atoms with Crippen molar-refractivity contribution < 1.29 is 8.42 Å². The summed E-state index contributed by atoms with van der Waals surface area (Å²) in [4.78, 5) is 9.53. The van der Waals surface area contributed by atoms with Crippen LogP contribution in [-0.2, 0) is 16.6 Å². The van der Waals surface area contributed by atoms with Gasteiger partial charge in [-0.15, -0.1) is 0 Å². The Labute approximate surface area is 121 Å². The Morgan fingerprint density at radius 1 is 1.30 bits per heavy atom. The molecule has 0 radical (unpaired) electrons. The minimum absolute atomic E-state index is 0.270. The van der Waals surface area contributed by atoms with Crippen LogP contribution in [-0.4, -0.2) is 24.6 Å². The predicted octanol–water partition coefficient (Wildman–Crippen LogP) is 1.73. The molecule has 0 saturated heterocycles. The number of hydrogen-bond donors (Lipinski definition) is 2. The molecule has 1 aromatic carbocycles. The van der Waals surface area contributed by atoms with Crippen LogP contribution in [0.2, 0.25) is 0 Å². The lowest BCUT2D eigenvalue weighted by atomic mass is 10.2. The summed E-state index contributed by atoms with van der Waals surface area (Å²) in [5, 5.41) is 4.04. The van der Waals surface area contributed by atoms with E-state index in [9.17, 15) is 8.42 Å². The second-order valence-electron chi connectivity index (χ2n) is 4.36. The first-order chi connectivity index (χ1) is 9.51. The van der Waals surface area contributed by atoms with Gasteiger partial charge in [0.25, 0.3) is 0 Å². The fourth-order valence-electron chi connectivity index (χ4n) is 1.81. The first-order valence-electron chi connectivity index (χ1n) is 5.85. The molecule has 0 fully saturated rings. The van der Waals surface area contributed by atoms with Gasteiger partial charge in [-0.25, -0.2) is 23.1 Å². The molecule has 0 amide bonds. The van der Waals surface area contributed by atoms with E-state index in [-0.39, 0.29) is 6.54 Å². The maximum atomic E-state index is 11.1. The van der Waals surface area contributed by atoms with Crippen LogP contribution in [0.1, 0.15) is 5.56 Å². The molecule has 1 aromatic heterocycles. The molecule has 2 heterocycles. The minimum Gasteiger partial charge on any atom is -0.337 e. The van der Waals surface area contributed by atoms with E-state index in [2.05, 4.69) is 20.0 Å². The Bertz CT molecular complexity index is 762. The van der Waals surface area contributed by atoms with Gasteiger partial charge < -0.3 is 5.32 Å². The summed E-state index contributed by atoms with van der Waals surface area (Å²) in [7, 11) is -3.19. The summed E-state index contributed by atoms with van der Waals surface area (Å²) in [5.41, 5.74) is 1.80. The molecular weight excluding hydrogens is 296 g/mol. The average molecular weight is 308 g/mol. The molecule has 0 unspecified atom stereocenters. The van der Waals surface area contributed by atoms with Gasteiger partial charge in [0, 0.05) is 23.8 Å². The van der Waals surface area contributed by atoms with Gasteiger partial charge in [-0.2, -0.15) is 0 Å². The number of nitrogens with zero attached hydrogens (tertiary/aromatic N) is 2. The second-order valence-corrected chi connectivity index (χ2v) is 7.22. The van der Waals surface area contributed by atoms with Gasteiger partial charge >= 0.3 is 0 Å². The van der Waals surface area contributed by atoms with E-state index in [0.29, 0.717) is 0 Å². The standard InChI is InChI=1S/C12H12N4O2S2/c1-20(17,18)15-7-8-2-3-10-9(6-8)16-11-12(19-10)14-5-4-13-11/h2-6,15H,7H2,1H3,(H,13,16). The molecule has 1 aliphatic rings. The van der Waals surface area contributed by atoms with Gasteiger partial charge in [0.15, 0.2) is 5.82 Å². The Hall–Kier alpha value is -1.64. The Kier molecular flexibility index (Phi) is 3.36. The summed E-state index contributed by atoms with van der Waals surface area (Å²) >= 11 is 1.54. The normalized spacial score (nSPS) is 13.2. The van der Waals surface area contributed by atoms with E-state index >= 15 is 0 Å². The van der Waals surface area contributed by atoms with Crippen LogP contribution in [0, 0.1) is 0 Å². The third-order valence-corrected chi connectivity index (χ3v) is 4.44. The molecular formula is C12H12N4O2S2. The monoisotopic (exact) mass is 308 g/mol. The van der Waals surface area contributed by atoms with Crippen molar-refractivity contribution in [2.45, 2.75) is 16.5 Å². The smallest absolute Gasteiger partial charge is 0.209 e. The van der Waals surface area contributed by atoms with E-state index in [1.54, 1.807) is 24.2 Å². The SMILES string of the molecule is CS(=O)(=O)NCc1ccc2c(c1)Nc1nccnc1S2. The van der Waals surface area contributed by atoms with E-state index in [4.69, 9.17) is 0 Å². The highest BCUT2D eigenvalue weighted by atomic mass is 32.2. The van der Waals surface area contributed by atoms with Crippen molar-refractivity contribution in [2.75, 3.05) is 11.6 Å². The Morgan fingerprint density at radius 2 is 2.10 bits per heavy atom. The van der Waals surface area contributed by atoms with Crippen LogP contribution in [0.5, 0.6) is 0 Å². The molecule has 0 bridgehead atoms. The van der Waals surface area contributed by atoms with Crippen LogP contribution < -0.4 is 10.0 Å². The maximum Gasteiger partial charge on any atom is 0.209 e. The van der Waals surface area contributed by atoms with Crippen molar-refractivity contribution in [1.82, 2.24) is 14.7 Å². The van der Waals surface area contributed by atoms with Gasteiger partial charge in [0.1, 0.15) is 5.03 Å². The molecule has 8 heteroatoms. The molecule has 20 heavy (non-hydrogen) atoms. The largest absolute Gasteiger partial charge is 0.337 e. The summed E-state index contributed by atoms with van der Waals surface area (Å²) in [6.45, 7) is 0.270. The lowest BCUT2D eigenvalue weighted by molar-refractivity contribution is 0.587. The fourth-order valence-corrected chi connectivity index (χ4v) is 3.11. The summed E-state index contributed by atoms with van der Waals surface area (Å²) in [6.07, 6.45) is 4.43. The number of fused-ring (bicyclic) bond motifs is 2. The highest BCUT2D eigenvalue weighted by molar-refractivity contribution is 7.99. The third kappa shape index (κ3) is 2.92. The van der Waals surface area contributed by atoms with Gasteiger partial charge in [-0.3, -0.25) is 0 Å². The van der Waals surface area contributed by atoms with Crippen molar-refractivity contribution in [3.8, 4) is 0 Å². The molecule has 2 N–H and O–H groups in total. The van der Waals surface area contributed by atoms with Gasteiger partial charge in [0.2, 0.25) is 10.0 Å². The molecule has 6 nitrogen and oxygen atoms in total. The first-order valence-corrected chi connectivity index (χ1v) is 8.55. The number of rotatable bonds is 3. The number of aromatic nitrogens is 2. The third-order valence-electron chi connectivity index (χ3n) is 2.71. The van der Waals surface area contributed by atoms with Crippen molar-refractivity contribution in [2.24, 2.45) is 0 Å². The fraction of sp³-hybridized carbons (Fsp3) is 0.167. The van der Waals surface area contributed by atoms with E-state index in [1.165, 1.54) is 0 Å². The van der Waals surface area contributed by atoms with E-state index in [1.807, 2.05) is 18.2 Å². The lowest BCUT2D eigenvalue weighted by Crippen LogP contribution is -2.21. The quantitative estimate of drug-likeness (QED) is 0.766. The number of benzene rings is 1. The topological polar surface area (TPSA) is 84.0 Å². The zero-order chi connectivity index (χ0) is 14.2. The summed E-state index contributed by atoms with van der Waals surface area (Å²) in [5.74, 6) is 0.721. The molecule has 2 aromatic rings. The first kappa shape index (κ1) is 13.3. The highest BCUT2D eigenvalue weighted by Crippen LogP contribution is 2.41. The lowest BCUT2D eigenvalue weighted by Gasteiger charge is -2.19. The van der Waals surface area contributed by atoms with Crippen LogP contribution in [0.3, 0.4) is 0 Å². The summed E-state index contributed by atoms with van der Waals surface area (Å²) in [6, 6.07) is 5.76. The highest BCUT2D eigenvalue weighted by Gasteiger charge is 2.17. The van der Waals surface area contributed by atoms with Crippen molar-refractivity contribution >= 4 is 33.3 Å². The van der Waals surface area contributed by atoms with Gasteiger partial charge in [0.05, 0.1) is 11.9 Å². The van der Waals surface area contributed by atoms with Crippen molar-refractivity contribution in [3.05, 3.63) is 36.2 Å². The van der Waals surface area contributed by atoms with Gasteiger partial charge in [-0.1, -0.05) is 17.8 Å². The van der Waals surface area contributed by atoms with Crippen molar-refractivity contribution in [3.63, 3.8) is 0 Å². The van der Waals surface area contributed by atoms with Gasteiger partial charge in [-0.05, 0) is 17.7 Å². The number of anilines is 2. The minimum atomic E-state index is -3.19. The predicted molar refractivity (Wildman–Crippen MR) is 77.6 cm³/mol. The molecule has 3 rings (SSSR count). The Balaban J connectivity index is 1.85. The zero-order valence-corrected chi connectivity index (χ0v) is 12.3. The van der Waals surface area contributed by atoms with Crippen LogP contribution >= 0.6 is 11.8 Å². The molecule has 0 aliphatic carbocycles. The molecule has 0 saturated carbocycles. The second kappa shape index (κ2) is 5.04. The Morgan fingerprint density at radius 3 is 2.90 bits per heavy atom. The molecule has 1 aliphatic heterocycles. The number of nitrogens with one attached hydrogen (secondary N) is 2. The maximum absolute atomic E-state index is 11.1. The number of hydrogen-bond acceptors (Lipinski definition) is 6. The van der Waals surface area contributed by atoms with Crippen molar-refractivity contribution in [1.29, 1.82) is 0 Å². The van der Waals surface area contributed by atoms with Crippen LogP contribution in [0.25, 0.3) is 0 Å². The average Bonchev–Trinajstić information content (AvgIpc) is 2.42. The van der Waals surface area contributed by atoms with Crippen LogP contribution in [0.4, 0.5) is 11.5 Å².